The molecule has 0 aliphatic carbocycles. The lowest BCUT2D eigenvalue weighted by molar-refractivity contribution is 1.32. The summed E-state index contributed by atoms with van der Waals surface area (Å²) in [5, 5.41) is 6.58. The zero-order valence-electron chi connectivity index (χ0n) is 19.4. The summed E-state index contributed by atoms with van der Waals surface area (Å²) in [6.45, 7) is 0. The van der Waals surface area contributed by atoms with Crippen LogP contribution in [0.5, 0.6) is 0 Å². The lowest BCUT2D eigenvalue weighted by Gasteiger charge is -2.14. The Morgan fingerprint density at radius 2 is 1.06 bits per heavy atom. The summed E-state index contributed by atoms with van der Waals surface area (Å²) in [4.78, 5) is 5.01. The fourth-order valence-electron chi connectivity index (χ4n) is 4.23. The minimum Gasteiger partial charge on any atom is -0.388 e. The van der Waals surface area contributed by atoms with Crippen molar-refractivity contribution in [3.05, 3.63) is 115 Å². The van der Waals surface area contributed by atoms with Gasteiger partial charge in [0.25, 0.3) is 0 Å². The van der Waals surface area contributed by atoms with Gasteiger partial charge in [-0.25, -0.2) is 4.98 Å². The smallest absolute Gasteiger partial charge is 0.0715 e. The topological polar surface area (TPSA) is 37.0 Å². The van der Waals surface area contributed by atoms with Crippen LogP contribution >= 0.6 is 0 Å². The highest BCUT2D eigenvalue weighted by Gasteiger charge is 2.11. The van der Waals surface area contributed by atoms with Crippen LogP contribution in [0, 0.1) is 0 Å². The number of aromatic nitrogens is 1. The molecular formula is C31H27N3. The summed E-state index contributed by atoms with van der Waals surface area (Å²) >= 11 is 0. The lowest BCUT2D eigenvalue weighted by Crippen LogP contribution is -1.95. The predicted octanol–water partition coefficient (Wildman–Crippen LogP) is 7.83. The second-order valence-corrected chi connectivity index (χ2v) is 8.20. The molecule has 0 fully saturated rings. The molecule has 0 atom stereocenters. The first-order valence-corrected chi connectivity index (χ1v) is 11.5. The third-order valence-corrected chi connectivity index (χ3v) is 6.05. The van der Waals surface area contributed by atoms with Gasteiger partial charge in [0.15, 0.2) is 0 Å². The normalized spacial score (nSPS) is 10.6. The van der Waals surface area contributed by atoms with Gasteiger partial charge < -0.3 is 10.6 Å². The van der Waals surface area contributed by atoms with Crippen molar-refractivity contribution in [2.45, 2.75) is 0 Å². The van der Waals surface area contributed by atoms with Crippen LogP contribution in [0.4, 0.5) is 11.4 Å². The van der Waals surface area contributed by atoms with E-state index < -0.39 is 0 Å². The summed E-state index contributed by atoms with van der Waals surface area (Å²) in [6, 6.07) is 40.2. The van der Waals surface area contributed by atoms with Crippen molar-refractivity contribution in [3.8, 4) is 44.8 Å². The molecule has 2 N–H and O–H groups in total. The van der Waals surface area contributed by atoms with Gasteiger partial charge in [-0.15, -0.1) is 0 Å². The molecule has 0 amide bonds. The highest BCUT2D eigenvalue weighted by Crippen LogP contribution is 2.35. The molecule has 5 rings (SSSR count). The fraction of sp³-hybridized carbons (Fsp3) is 0.0645. The zero-order chi connectivity index (χ0) is 23.3. The minimum absolute atomic E-state index is 0.968. The van der Waals surface area contributed by atoms with E-state index in [1.807, 2.05) is 26.2 Å². The van der Waals surface area contributed by atoms with Crippen LogP contribution in [-0.4, -0.2) is 19.1 Å². The first-order chi connectivity index (χ1) is 16.7. The van der Waals surface area contributed by atoms with E-state index in [1.165, 1.54) is 5.56 Å². The second kappa shape index (κ2) is 9.63. The average molecular weight is 442 g/mol. The van der Waals surface area contributed by atoms with E-state index in [1.54, 1.807) is 0 Å². The number of rotatable bonds is 6. The highest BCUT2D eigenvalue weighted by atomic mass is 14.8. The molecule has 0 saturated heterocycles. The Balaban J connectivity index is 1.66. The number of nitrogens with one attached hydrogen (secondary N) is 2. The van der Waals surface area contributed by atoms with Crippen LogP contribution in [0.15, 0.2) is 115 Å². The monoisotopic (exact) mass is 441 g/mol. The van der Waals surface area contributed by atoms with Gasteiger partial charge in [-0.3, -0.25) is 0 Å². The number of hydrogen-bond acceptors (Lipinski definition) is 3. The zero-order valence-corrected chi connectivity index (χ0v) is 19.4. The Morgan fingerprint density at radius 1 is 0.471 bits per heavy atom. The van der Waals surface area contributed by atoms with E-state index in [2.05, 4.69) is 114 Å². The number of anilines is 2. The van der Waals surface area contributed by atoms with Crippen molar-refractivity contribution in [3.63, 3.8) is 0 Å². The standard InChI is InChI=1S/C31H27N3/c1-32-27-16-17-29(33-2)28(21-27)25-15-9-14-24(18-25)26-19-30(22-10-5-3-6-11-22)34-31(20-26)23-12-7-4-8-13-23/h3-21,32-33H,1-2H3. The van der Waals surface area contributed by atoms with Crippen molar-refractivity contribution < 1.29 is 0 Å². The molecule has 0 aliphatic rings. The summed E-state index contributed by atoms with van der Waals surface area (Å²) in [5.74, 6) is 0. The van der Waals surface area contributed by atoms with E-state index >= 15 is 0 Å². The van der Waals surface area contributed by atoms with E-state index in [4.69, 9.17) is 4.98 Å². The summed E-state index contributed by atoms with van der Waals surface area (Å²) in [5.41, 5.74) is 11.0. The Kier molecular flexibility index (Phi) is 6.09. The van der Waals surface area contributed by atoms with Crippen LogP contribution in [0.3, 0.4) is 0 Å². The van der Waals surface area contributed by atoms with Crippen LogP contribution in [0.25, 0.3) is 44.8 Å². The molecular weight excluding hydrogens is 414 g/mol. The molecule has 1 aromatic heterocycles. The average Bonchev–Trinajstić information content (AvgIpc) is 2.93. The molecule has 3 heteroatoms. The van der Waals surface area contributed by atoms with E-state index in [0.29, 0.717) is 0 Å². The molecule has 5 aromatic rings. The Morgan fingerprint density at radius 3 is 1.65 bits per heavy atom. The molecule has 166 valence electrons. The molecule has 0 spiro atoms. The van der Waals surface area contributed by atoms with Gasteiger partial charge in [-0.1, -0.05) is 78.9 Å². The Hall–Kier alpha value is -4.37. The van der Waals surface area contributed by atoms with E-state index in [-0.39, 0.29) is 0 Å². The van der Waals surface area contributed by atoms with Gasteiger partial charge in [-0.05, 0) is 53.1 Å². The van der Waals surface area contributed by atoms with Crippen LogP contribution in [0.2, 0.25) is 0 Å². The Labute approximate surface area is 201 Å². The van der Waals surface area contributed by atoms with Gasteiger partial charge in [0.2, 0.25) is 0 Å². The maximum absolute atomic E-state index is 5.01. The first-order valence-electron chi connectivity index (χ1n) is 11.5. The minimum atomic E-state index is 0.968. The lowest BCUT2D eigenvalue weighted by atomic mass is 9.96. The van der Waals surface area contributed by atoms with E-state index in [0.717, 1.165) is 50.6 Å². The maximum Gasteiger partial charge on any atom is 0.0715 e. The first kappa shape index (κ1) is 21.5. The summed E-state index contributed by atoms with van der Waals surface area (Å²) < 4.78 is 0. The molecule has 0 bridgehead atoms. The highest BCUT2D eigenvalue weighted by molar-refractivity contribution is 5.85. The number of nitrogens with zero attached hydrogens (tertiary/aromatic N) is 1. The SMILES string of the molecule is CNc1ccc(NC)c(-c2cccc(-c3cc(-c4ccccc4)nc(-c4ccccc4)c3)c2)c1. The van der Waals surface area contributed by atoms with Gasteiger partial charge in [0.05, 0.1) is 11.4 Å². The van der Waals surface area contributed by atoms with E-state index in [9.17, 15) is 0 Å². The molecule has 0 aliphatic heterocycles. The molecule has 4 aromatic carbocycles. The van der Waals surface area contributed by atoms with Crippen molar-refractivity contribution in [2.75, 3.05) is 24.7 Å². The van der Waals surface area contributed by atoms with Crippen molar-refractivity contribution in [2.24, 2.45) is 0 Å². The number of benzene rings is 4. The molecule has 0 unspecified atom stereocenters. The van der Waals surface area contributed by atoms with Crippen molar-refractivity contribution >= 4 is 11.4 Å². The third-order valence-electron chi connectivity index (χ3n) is 6.05. The van der Waals surface area contributed by atoms with Crippen molar-refractivity contribution in [1.82, 2.24) is 4.98 Å². The quantitative estimate of drug-likeness (QED) is 0.282. The van der Waals surface area contributed by atoms with Gasteiger partial charge in [0.1, 0.15) is 0 Å². The largest absolute Gasteiger partial charge is 0.388 e. The van der Waals surface area contributed by atoms with Crippen LogP contribution in [0.1, 0.15) is 0 Å². The number of hydrogen-bond donors (Lipinski definition) is 2. The summed E-state index contributed by atoms with van der Waals surface area (Å²) in [6.07, 6.45) is 0. The molecule has 3 nitrogen and oxygen atoms in total. The molecule has 34 heavy (non-hydrogen) atoms. The predicted molar refractivity (Wildman–Crippen MR) is 145 cm³/mol. The van der Waals surface area contributed by atoms with Crippen molar-refractivity contribution in [1.29, 1.82) is 0 Å². The summed E-state index contributed by atoms with van der Waals surface area (Å²) in [7, 11) is 3.91. The molecule has 1 heterocycles. The third kappa shape index (κ3) is 4.41. The van der Waals surface area contributed by atoms with Crippen LogP contribution < -0.4 is 10.6 Å². The fourth-order valence-corrected chi connectivity index (χ4v) is 4.23. The van der Waals surface area contributed by atoms with Crippen LogP contribution in [-0.2, 0) is 0 Å². The number of pyridine rings is 1. The van der Waals surface area contributed by atoms with Gasteiger partial charge in [-0.2, -0.15) is 0 Å². The molecule has 0 saturated carbocycles. The Bertz CT molecular complexity index is 1350. The maximum atomic E-state index is 5.01. The van der Waals surface area contributed by atoms with Gasteiger partial charge in [0, 0.05) is 42.2 Å². The van der Waals surface area contributed by atoms with Gasteiger partial charge >= 0.3 is 0 Å². The molecule has 0 radical (unpaired) electrons. The second-order valence-electron chi connectivity index (χ2n) is 8.20.